The number of methoxy groups -OCH3 is 3. The van der Waals surface area contributed by atoms with Gasteiger partial charge in [0.25, 0.3) is 5.91 Å². The first kappa shape index (κ1) is 27.3. The Morgan fingerprint density at radius 3 is 2.38 bits per heavy atom. The number of ether oxygens (including phenoxy) is 3. The number of amides is 1. The third-order valence-corrected chi connectivity index (χ3v) is 5.90. The summed E-state index contributed by atoms with van der Waals surface area (Å²) in [6.45, 7) is 5.49. The summed E-state index contributed by atoms with van der Waals surface area (Å²) in [6.07, 6.45) is 0.650. The minimum absolute atomic E-state index is 0. The monoisotopic (exact) mass is 491 g/mol. The van der Waals surface area contributed by atoms with Crippen molar-refractivity contribution < 1.29 is 23.8 Å². The first-order valence-electron chi connectivity index (χ1n) is 11.1. The Balaban J connectivity index is 0.00000408. The predicted molar refractivity (Wildman–Crippen MR) is 135 cm³/mol. The number of benzene rings is 2. The number of rotatable bonds is 9. The van der Waals surface area contributed by atoms with Crippen LogP contribution in [0, 0.1) is 0 Å². The normalized spacial score (nSPS) is 13.9. The van der Waals surface area contributed by atoms with Crippen LogP contribution in [0.15, 0.2) is 36.4 Å². The lowest BCUT2D eigenvalue weighted by molar-refractivity contribution is -0.140. The zero-order chi connectivity index (χ0) is 23.8. The van der Waals surface area contributed by atoms with Crippen molar-refractivity contribution in [1.82, 2.24) is 10.6 Å². The van der Waals surface area contributed by atoms with Gasteiger partial charge in [-0.25, -0.2) is 0 Å². The Hall–Kier alpha value is -2.97. The molecule has 1 aliphatic rings. The van der Waals surface area contributed by atoms with Crippen molar-refractivity contribution in [2.75, 3.05) is 52.4 Å². The summed E-state index contributed by atoms with van der Waals surface area (Å²) in [5.41, 5.74) is 3.29. The highest BCUT2D eigenvalue weighted by atomic mass is 35.5. The summed E-state index contributed by atoms with van der Waals surface area (Å²) >= 11 is 0. The van der Waals surface area contributed by atoms with Crippen LogP contribution < -0.4 is 25.0 Å². The molecule has 0 aliphatic carbocycles. The van der Waals surface area contributed by atoms with E-state index in [-0.39, 0.29) is 36.7 Å². The van der Waals surface area contributed by atoms with E-state index in [1.165, 1.54) is 7.11 Å². The maximum atomic E-state index is 13.4. The van der Waals surface area contributed by atoms with Gasteiger partial charge in [0.1, 0.15) is 0 Å². The van der Waals surface area contributed by atoms with Crippen molar-refractivity contribution in [1.29, 1.82) is 0 Å². The van der Waals surface area contributed by atoms with Gasteiger partial charge in [-0.2, -0.15) is 0 Å². The van der Waals surface area contributed by atoms with Crippen LogP contribution in [-0.4, -0.2) is 59.4 Å². The number of hydrogen-bond donors (Lipinski definition) is 2. The Bertz CT molecular complexity index is 979. The minimum Gasteiger partial charge on any atom is -0.493 e. The molecule has 1 amide bonds. The van der Waals surface area contributed by atoms with Crippen LogP contribution in [0.2, 0.25) is 0 Å². The molecule has 186 valence electrons. The quantitative estimate of drug-likeness (QED) is 0.521. The van der Waals surface area contributed by atoms with Gasteiger partial charge >= 0.3 is 5.97 Å². The van der Waals surface area contributed by atoms with Crippen LogP contribution in [0.3, 0.4) is 0 Å². The molecule has 0 saturated carbocycles. The lowest BCUT2D eigenvalue weighted by Crippen LogP contribution is -2.43. The van der Waals surface area contributed by atoms with E-state index >= 15 is 0 Å². The Kier molecular flexibility index (Phi) is 10.5. The number of nitrogens with zero attached hydrogens (tertiary/aromatic N) is 1. The maximum absolute atomic E-state index is 13.4. The van der Waals surface area contributed by atoms with Crippen molar-refractivity contribution in [2.24, 2.45) is 0 Å². The van der Waals surface area contributed by atoms with Gasteiger partial charge in [0, 0.05) is 43.9 Å². The van der Waals surface area contributed by atoms with Gasteiger partial charge in [-0.3, -0.25) is 9.59 Å². The largest absolute Gasteiger partial charge is 0.493 e. The van der Waals surface area contributed by atoms with Crippen molar-refractivity contribution in [3.05, 3.63) is 53.1 Å². The van der Waals surface area contributed by atoms with E-state index in [0.717, 1.165) is 43.0 Å². The number of anilines is 1. The third-order valence-electron chi connectivity index (χ3n) is 5.90. The second-order valence-electron chi connectivity index (χ2n) is 7.96. The average Bonchev–Trinajstić information content (AvgIpc) is 2.87. The fourth-order valence-electron chi connectivity index (χ4n) is 3.93. The SMILES string of the molecule is COC(=O)CCc1ccc(N2CCNCC2)cc1C(=O)NC(C)c1ccc(OC)c(OC)c1.Cl. The molecule has 34 heavy (non-hydrogen) atoms. The van der Waals surface area contributed by atoms with Gasteiger partial charge in [0.05, 0.1) is 27.4 Å². The smallest absolute Gasteiger partial charge is 0.305 e. The molecule has 2 aromatic rings. The Labute approximate surface area is 207 Å². The fraction of sp³-hybridized carbons (Fsp3) is 0.440. The first-order valence-corrected chi connectivity index (χ1v) is 11.1. The van der Waals surface area contributed by atoms with E-state index in [4.69, 9.17) is 14.2 Å². The second kappa shape index (κ2) is 13.1. The minimum atomic E-state index is -0.300. The highest BCUT2D eigenvalue weighted by molar-refractivity contribution is 5.97. The molecule has 0 aromatic heterocycles. The van der Waals surface area contributed by atoms with Crippen molar-refractivity contribution in [2.45, 2.75) is 25.8 Å². The summed E-state index contributed by atoms with van der Waals surface area (Å²) < 4.78 is 15.5. The number of esters is 1. The van der Waals surface area contributed by atoms with Crippen LogP contribution in [0.5, 0.6) is 11.5 Å². The van der Waals surface area contributed by atoms with Gasteiger partial charge < -0.3 is 29.7 Å². The summed E-state index contributed by atoms with van der Waals surface area (Å²) in [4.78, 5) is 27.3. The number of hydrogen-bond acceptors (Lipinski definition) is 7. The van der Waals surface area contributed by atoms with Crippen LogP contribution in [0.1, 0.15) is 40.9 Å². The average molecular weight is 492 g/mol. The highest BCUT2D eigenvalue weighted by Crippen LogP contribution is 2.30. The van der Waals surface area contributed by atoms with E-state index in [1.54, 1.807) is 14.2 Å². The second-order valence-corrected chi connectivity index (χ2v) is 7.96. The molecule has 0 bridgehead atoms. The molecule has 2 N–H and O–H groups in total. The van der Waals surface area contributed by atoms with Gasteiger partial charge in [-0.1, -0.05) is 12.1 Å². The molecular weight excluding hydrogens is 458 g/mol. The maximum Gasteiger partial charge on any atom is 0.305 e. The number of piperazine rings is 1. The van der Waals surface area contributed by atoms with Crippen LogP contribution in [0.25, 0.3) is 0 Å². The molecule has 0 radical (unpaired) electrons. The summed E-state index contributed by atoms with van der Waals surface area (Å²) in [6, 6.07) is 11.2. The van der Waals surface area contributed by atoms with Gasteiger partial charge in [0.2, 0.25) is 0 Å². The lowest BCUT2D eigenvalue weighted by atomic mass is 9.99. The molecule has 1 heterocycles. The van der Waals surface area contributed by atoms with E-state index in [2.05, 4.69) is 15.5 Å². The molecule has 8 nitrogen and oxygen atoms in total. The number of nitrogens with one attached hydrogen (secondary N) is 2. The number of carbonyl (C=O) groups excluding carboxylic acids is 2. The zero-order valence-electron chi connectivity index (χ0n) is 20.2. The zero-order valence-corrected chi connectivity index (χ0v) is 21.0. The van der Waals surface area contributed by atoms with Crippen LogP contribution in [0.4, 0.5) is 5.69 Å². The molecule has 3 rings (SSSR count). The predicted octanol–water partition coefficient (Wildman–Crippen LogP) is 3.13. The molecule has 1 atom stereocenters. The molecule has 1 aliphatic heterocycles. The summed E-state index contributed by atoms with van der Waals surface area (Å²) in [5.74, 6) is 0.754. The molecule has 1 saturated heterocycles. The van der Waals surface area contributed by atoms with Crippen molar-refractivity contribution >= 4 is 30.0 Å². The highest BCUT2D eigenvalue weighted by Gasteiger charge is 2.20. The van der Waals surface area contributed by atoms with Crippen molar-refractivity contribution in [3.8, 4) is 11.5 Å². The molecule has 2 aromatic carbocycles. The Morgan fingerprint density at radius 2 is 1.74 bits per heavy atom. The fourth-order valence-corrected chi connectivity index (χ4v) is 3.93. The van der Waals surface area contributed by atoms with Crippen LogP contribution >= 0.6 is 12.4 Å². The molecule has 9 heteroatoms. The number of halogens is 1. The molecule has 1 fully saturated rings. The van der Waals surface area contributed by atoms with E-state index in [0.29, 0.717) is 23.5 Å². The lowest BCUT2D eigenvalue weighted by Gasteiger charge is -2.30. The Morgan fingerprint density at radius 1 is 1.03 bits per heavy atom. The van der Waals surface area contributed by atoms with E-state index < -0.39 is 0 Å². The molecule has 0 spiro atoms. The van der Waals surface area contributed by atoms with Gasteiger partial charge in [-0.05, 0) is 48.7 Å². The van der Waals surface area contributed by atoms with E-state index in [9.17, 15) is 9.59 Å². The first-order chi connectivity index (χ1) is 16.0. The topological polar surface area (TPSA) is 89.1 Å². The van der Waals surface area contributed by atoms with Gasteiger partial charge in [-0.15, -0.1) is 12.4 Å². The van der Waals surface area contributed by atoms with E-state index in [1.807, 2.05) is 43.3 Å². The van der Waals surface area contributed by atoms with Gasteiger partial charge in [0.15, 0.2) is 11.5 Å². The summed E-state index contributed by atoms with van der Waals surface area (Å²) in [5, 5.41) is 6.43. The van der Waals surface area contributed by atoms with Crippen molar-refractivity contribution in [3.63, 3.8) is 0 Å². The summed E-state index contributed by atoms with van der Waals surface area (Å²) in [7, 11) is 4.54. The number of carbonyl (C=O) groups is 2. The third kappa shape index (κ3) is 6.77. The molecule has 1 unspecified atom stereocenters. The van der Waals surface area contributed by atoms with Crippen LogP contribution in [-0.2, 0) is 16.0 Å². The standard InChI is InChI=1S/C25H33N3O5.ClH/c1-17(19-6-9-22(31-2)23(15-19)32-3)27-25(30)21-16-20(28-13-11-26-12-14-28)8-5-18(21)7-10-24(29)33-4;/h5-6,8-9,15-17,26H,7,10-14H2,1-4H3,(H,27,30);1H. The number of aryl methyl sites for hydroxylation is 1. The molecular formula is C25H34ClN3O5.